The van der Waals surface area contributed by atoms with Crippen LogP contribution in [0.25, 0.3) is 0 Å². The van der Waals surface area contributed by atoms with E-state index in [-0.39, 0.29) is 6.04 Å². The lowest BCUT2D eigenvalue weighted by molar-refractivity contribution is 0.301. The first-order valence-corrected chi connectivity index (χ1v) is 6.58. The van der Waals surface area contributed by atoms with E-state index in [4.69, 9.17) is 15.7 Å². The van der Waals surface area contributed by atoms with Crippen LogP contribution in [0.5, 0.6) is 5.75 Å². The van der Waals surface area contributed by atoms with Crippen LogP contribution in [0.3, 0.4) is 0 Å². The van der Waals surface area contributed by atoms with E-state index in [2.05, 4.69) is 6.07 Å². The van der Waals surface area contributed by atoms with Crippen molar-refractivity contribution in [2.75, 3.05) is 0 Å². The fourth-order valence-electron chi connectivity index (χ4n) is 2.07. The van der Waals surface area contributed by atoms with E-state index in [1.165, 1.54) is 0 Å². The predicted molar refractivity (Wildman–Crippen MR) is 79.3 cm³/mol. The minimum absolute atomic E-state index is 0.0869. The standard InChI is InChI=1S/C17H18N2O/c1-12-7-8-17(16(9-12)13(2)19)20-11-15-6-4-3-5-14(15)10-18/h3-9,13H,11,19H2,1-2H3. The van der Waals surface area contributed by atoms with E-state index in [0.717, 1.165) is 22.4 Å². The van der Waals surface area contributed by atoms with Crippen molar-refractivity contribution in [2.24, 2.45) is 5.73 Å². The average Bonchev–Trinajstić information content (AvgIpc) is 2.46. The number of nitriles is 1. The van der Waals surface area contributed by atoms with Gasteiger partial charge in [-0.2, -0.15) is 5.26 Å². The second-order valence-corrected chi connectivity index (χ2v) is 4.89. The van der Waals surface area contributed by atoms with Gasteiger partial charge in [0.15, 0.2) is 0 Å². The Kier molecular flexibility index (Phi) is 4.39. The molecule has 0 aliphatic carbocycles. The molecule has 2 aromatic rings. The number of nitrogens with two attached hydrogens (primary N) is 1. The Morgan fingerprint density at radius 2 is 2.00 bits per heavy atom. The third-order valence-corrected chi connectivity index (χ3v) is 3.18. The maximum atomic E-state index is 9.07. The summed E-state index contributed by atoms with van der Waals surface area (Å²) in [5.74, 6) is 0.776. The molecule has 0 saturated heterocycles. The maximum absolute atomic E-state index is 9.07. The summed E-state index contributed by atoms with van der Waals surface area (Å²) in [5, 5.41) is 9.07. The minimum atomic E-state index is -0.0869. The second-order valence-electron chi connectivity index (χ2n) is 4.89. The van der Waals surface area contributed by atoms with Crippen LogP contribution in [0.2, 0.25) is 0 Å². The van der Waals surface area contributed by atoms with Crippen molar-refractivity contribution < 1.29 is 4.74 Å². The number of aryl methyl sites for hydroxylation is 1. The lowest BCUT2D eigenvalue weighted by Crippen LogP contribution is -2.08. The molecule has 0 radical (unpaired) electrons. The summed E-state index contributed by atoms with van der Waals surface area (Å²) in [7, 11) is 0. The number of ether oxygens (including phenoxy) is 1. The van der Waals surface area contributed by atoms with Gasteiger partial charge in [-0.1, -0.05) is 35.9 Å². The van der Waals surface area contributed by atoms with E-state index in [1.54, 1.807) is 6.07 Å². The highest BCUT2D eigenvalue weighted by Gasteiger charge is 2.09. The monoisotopic (exact) mass is 266 g/mol. The molecular weight excluding hydrogens is 248 g/mol. The van der Waals surface area contributed by atoms with Crippen molar-refractivity contribution in [2.45, 2.75) is 26.5 Å². The summed E-state index contributed by atoms with van der Waals surface area (Å²) in [4.78, 5) is 0. The summed E-state index contributed by atoms with van der Waals surface area (Å²) >= 11 is 0. The second kappa shape index (κ2) is 6.23. The first-order valence-electron chi connectivity index (χ1n) is 6.58. The molecule has 0 aliphatic rings. The Bertz CT molecular complexity index is 642. The molecule has 2 rings (SSSR count). The van der Waals surface area contributed by atoms with Crippen molar-refractivity contribution in [3.8, 4) is 11.8 Å². The minimum Gasteiger partial charge on any atom is -0.489 e. The summed E-state index contributed by atoms with van der Waals surface area (Å²) < 4.78 is 5.85. The predicted octanol–water partition coefficient (Wildman–Crippen LogP) is 3.47. The molecule has 3 heteroatoms. The molecule has 3 nitrogen and oxygen atoms in total. The molecular formula is C17H18N2O. The van der Waals surface area contributed by atoms with Crippen LogP contribution in [0.4, 0.5) is 0 Å². The number of benzene rings is 2. The molecule has 0 fully saturated rings. The van der Waals surface area contributed by atoms with E-state index in [0.29, 0.717) is 12.2 Å². The van der Waals surface area contributed by atoms with Crippen molar-refractivity contribution >= 4 is 0 Å². The average molecular weight is 266 g/mol. The Hall–Kier alpha value is -2.31. The number of rotatable bonds is 4. The molecule has 1 unspecified atom stereocenters. The molecule has 0 saturated carbocycles. The molecule has 0 bridgehead atoms. The van der Waals surface area contributed by atoms with Crippen LogP contribution in [-0.4, -0.2) is 0 Å². The van der Waals surface area contributed by atoms with Gasteiger partial charge in [0.25, 0.3) is 0 Å². The fourth-order valence-corrected chi connectivity index (χ4v) is 2.07. The van der Waals surface area contributed by atoms with Crippen LogP contribution < -0.4 is 10.5 Å². The normalized spacial score (nSPS) is 11.7. The smallest absolute Gasteiger partial charge is 0.124 e. The van der Waals surface area contributed by atoms with Crippen LogP contribution >= 0.6 is 0 Å². The summed E-state index contributed by atoms with van der Waals surface area (Å²) in [6, 6.07) is 15.5. The van der Waals surface area contributed by atoms with Crippen molar-refractivity contribution in [3.05, 3.63) is 64.7 Å². The molecule has 0 heterocycles. The van der Waals surface area contributed by atoms with Gasteiger partial charge in [-0.05, 0) is 26.0 Å². The zero-order valence-electron chi connectivity index (χ0n) is 11.8. The molecule has 2 N–H and O–H groups in total. The molecule has 20 heavy (non-hydrogen) atoms. The van der Waals surface area contributed by atoms with E-state index in [1.807, 2.05) is 50.2 Å². The lowest BCUT2D eigenvalue weighted by atomic mass is 10.0. The summed E-state index contributed by atoms with van der Waals surface area (Å²) in [6.45, 7) is 4.33. The van der Waals surface area contributed by atoms with Gasteiger partial charge in [0.05, 0.1) is 11.6 Å². The maximum Gasteiger partial charge on any atom is 0.124 e. The third kappa shape index (κ3) is 3.17. The zero-order valence-corrected chi connectivity index (χ0v) is 11.8. The van der Waals surface area contributed by atoms with Gasteiger partial charge in [0.1, 0.15) is 12.4 Å². The number of nitrogens with zero attached hydrogens (tertiary/aromatic N) is 1. The highest BCUT2D eigenvalue weighted by atomic mass is 16.5. The molecule has 2 aromatic carbocycles. The zero-order chi connectivity index (χ0) is 14.5. The van der Waals surface area contributed by atoms with Crippen LogP contribution in [-0.2, 0) is 6.61 Å². The largest absolute Gasteiger partial charge is 0.489 e. The highest BCUT2D eigenvalue weighted by Crippen LogP contribution is 2.26. The van der Waals surface area contributed by atoms with Gasteiger partial charge in [-0.15, -0.1) is 0 Å². The molecule has 0 spiro atoms. The van der Waals surface area contributed by atoms with Gasteiger partial charge < -0.3 is 10.5 Å². The van der Waals surface area contributed by atoms with Crippen LogP contribution in [0.15, 0.2) is 42.5 Å². The van der Waals surface area contributed by atoms with Crippen LogP contribution in [0.1, 0.15) is 35.2 Å². The molecule has 0 aromatic heterocycles. The SMILES string of the molecule is Cc1ccc(OCc2ccccc2C#N)c(C(C)N)c1. The first-order chi connectivity index (χ1) is 9.61. The summed E-state index contributed by atoms with van der Waals surface area (Å²) in [5.41, 5.74) is 9.64. The lowest BCUT2D eigenvalue weighted by Gasteiger charge is -2.15. The highest BCUT2D eigenvalue weighted by molar-refractivity contribution is 5.40. The molecule has 0 amide bonds. The fraction of sp³-hybridized carbons (Fsp3) is 0.235. The quantitative estimate of drug-likeness (QED) is 0.921. The van der Waals surface area contributed by atoms with Gasteiger partial charge >= 0.3 is 0 Å². The Labute approximate surface area is 119 Å². The van der Waals surface area contributed by atoms with Gasteiger partial charge in [0.2, 0.25) is 0 Å². The van der Waals surface area contributed by atoms with Gasteiger partial charge in [0, 0.05) is 17.2 Å². The topological polar surface area (TPSA) is 59.0 Å². The Balaban J connectivity index is 2.21. The van der Waals surface area contributed by atoms with E-state index >= 15 is 0 Å². The van der Waals surface area contributed by atoms with Gasteiger partial charge in [-0.3, -0.25) is 0 Å². The van der Waals surface area contributed by atoms with Crippen molar-refractivity contribution in [1.29, 1.82) is 5.26 Å². The Morgan fingerprint density at radius 1 is 1.25 bits per heavy atom. The number of hydrogen-bond donors (Lipinski definition) is 1. The van der Waals surface area contributed by atoms with Crippen molar-refractivity contribution in [1.82, 2.24) is 0 Å². The van der Waals surface area contributed by atoms with E-state index < -0.39 is 0 Å². The Morgan fingerprint density at radius 3 is 2.70 bits per heavy atom. The number of hydrogen-bond acceptors (Lipinski definition) is 3. The first kappa shape index (κ1) is 14.1. The third-order valence-electron chi connectivity index (χ3n) is 3.18. The summed E-state index contributed by atoms with van der Waals surface area (Å²) in [6.07, 6.45) is 0. The molecule has 0 aliphatic heterocycles. The van der Waals surface area contributed by atoms with Crippen LogP contribution in [0, 0.1) is 18.3 Å². The van der Waals surface area contributed by atoms with E-state index in [9.17, 15) is 0 Å². The van der Waals surface area contributed by atoms with Gasteiger partial charge in [-0.25, -0.2) is 0 Å². The van der Waals surface area contributed by atoms with Crippen molar-refractivity contribution in [3.63, 3.8) is 0 Å². The molecule has 1 atom stereocenters. The molecule has 102 valence electrons.